The van der Waals surface area contributed by atoms with Crippen molar-refractivity contribution in [2.45, 2.75) is 44.6 Å². The molecule has 1 aromatic heterocycles. The highest BCUT2D eigenvalue weighted by Crippen LogP contribution is 2.49. The number of aromatic nitrogens is 1. The number of nitrogens with two attached hydrogens (primary N) is 1. The Morgan fingerprint density at radius 1 is 1.39 bits per heavy atom. The minimum atomic E-state index is 0.401. The van der Waals surface area contributed by atoms with E-state index < -0.39 is 0 Å². The lowest BCUT2D eigenvalue weighted by Gasteiger charge is -2.26. The van der Waals surface area contributed by atoms with Crippen LogP contribution in [0.1, 0.15) is 37.7 Å². The lowest BCUT2D eigenvalue weighted by Crippen LogP contribution is -2.39. The Labute approximate surface area is 109 Å². The molecule has 1 heterocycles. The molecule has 3 heteroatoms. The highest BCUT2D eigenvalue weighted by molar-refractivity contribution is 5.10. The molecule has 2 aliphatic rings. The largest absolute Gasteiger partial charge is 0.271 e. The summed E-state index contributed by atoms with van der Waals surface area (Å²) < 4.78 is 0. The van der Waals surface area contributed by atoms with Gasteiger partial charge < -0.3 is 0 Å². The summed E-state index contributed by atoms with van der Waals surface area (Å²) >= 11 is 0. The predicted octanol–water partition coefficient (Wildman–Crippen LogP) is 2.28. The van der Waals surface area contributed by atoms with Crippen LogP contribution in [0.3, 0.4) is 0 Å². The molecule has 4 atom stereocenters. The van der Waals surface area contributed by atoms with Crippen LogP contribution in [-0.2, 0) is 6.42 Å². The maximum absolute atomic E-state index is 5.73. The average Bonchev–Trinajstić information content (AvgIpc) is 3.01. The van der Waals surface area contributed by atoms with Gasteiger partial charge in [0.25, 0.3) is 0 Å². The van der Waals surface area contributed by atoms with Crippen molar-refractivity contribution in [2.75, 3.05) is 0 Å². The SMILES string of the molecule is NNC(Cc1cccnc1)CC1CC2CCC1C2. The predicted molar refractivity (Wildman–Crippen MR) is 72.6 cm³/mol. The summed E-state index contributed by atoms with van der Waals surface area (Å²) in [5, 5.41) is 0. The van der Waals surface area contributed by atoms with E-state index in [1.165, 1.54) is 37.7 Å². The first-order valence-electron chi connectivity index (χ1n) is 7.20. The Balaban J connectivity index is 1.56. The van der Waals surface area contributed by atoms with Gasteiger partial charge in [0, 0.05) is 18.4 Å². The van der Waals surface area contributed by atoms with Gasteiger partial charge in [-0.25, -0.2) is 0 Å². The van der Waals surface area contributed by atoms with E-state index in [0.29, 0.717) is 6.04 Å². The fourth-order valence-corrected chi connectivity index (χ4v) is 4.04. The maximum Gasteiger partial charge on any atom is 0.0300 e. The van der Waals surface area contributed by atoms with E-state index in [0.717, 1.165) is 24.2 Å². The number of fused-ring (bicyclic) bond motifs is 2. The molecule has 2 fully saturated rings. The molecule has 1 aromatic rings. The van der Waals surface area contributed by atoms with Crippen LogP contribution >= 0.6 is 0 Å². The van der Waals surface area contributed by atoms with Crippen molar-refractivity contribution >= 4 is 0 Å². The third-order valence-electron chi connectivity index (χ3n) is 4.91. The number of hydrogen-bond donors (Lipinski definition) is 2. The van der Waals surface area contributed by atoms with Crippen LogP contribution in [0.2, 0.25) is 0 Å². The van der Waals surface area contributed by atoms with Crippen LogP contribution in [0, 0.1) is 17.8 Å². The molecule has 98 valence electrons. The number of rotatable bonds is 5. The van der Waals surface area contributed by atoms with Gasteiger partial charge in [-0.05, 0) is 61.5 Å². The quantitative estimate of drug-likeness (QED) is 0.618. The van der Waals surface area contributed by atoms with Crippen molar-refractivity contribution < 1.29 is 0 Å². The van der Waals surface area contributed by atoms with Gasteiger partial charge in [0.1, 0.15) is 0 Å². The van der Waals surface area contributed by atoms with Crippen molar-refractivity contribution in [3.05, 3.63) is 30.1 Å². The van der Waals surface area contributed by atoms with E-state index in [1.807, 2.05) is 18.5 Å². The van der Waals surface area contributed by atoms with Gasteiger partial charge in [-0.2, -0.15) is 0 Å². The summed E-state index contributed by atoms with van der Waals surface area (Å²) in [6, 6.07) is 4.54. The molecular formula is C15H23N3. The van der Waals surface area contributed by atoms with Crippen LogP contribution in [0.4, 0.5) is 0 Å². The fourth-order valence-electron chi connectivity index (χ4n) is 4.04. The van der Waals surface area contributed by atoms with E-state index in [-0.39, 0.29) is 0 Å². The third-order valence-corrected chi connectivity index (χ3v) is 4.91. The van der Waals surface area contributed by atoms with Crippen molar-refractivity contribution in [1.82, 2.24) is 10.4 Å². The fraction of sp³-hybridized carbons (Fsp3) is 0.667. The van der Waals surface area contributed by atoms with Gasteiger partial charge >= 0.3 is 0 Å². The van der Waals surface area contributed by atoms with Crippen molar-refractivity contribution in [1.29, 1.82) is 0 Å². The first-order valence-corrected chi connectivity index (χ1v) is 7.20. The molecule has 2 aliphatic carbocycles. The molecule has 0 aromatic carbocycles. The molecule has 0 spiro atoms. The summed E-state index contributed by atoms with van der Waals surface area (Å²) in [6.07, 6.45) is 11.9. The molecule has 3 nitrogen and oxygen atoms in total. The number of nitrogens with zero attached hydrogens (tertiary/aromatic N) is 1. The minimum Gasteiger partial charge on any atom is -0.271 e. The second-order valence-electron chi connectivity index (χ2n) is 6.10. The Morgan fingerprint density at radius 2 is 2.33 bits per heavy atom. The second-order valence-corrected chi connectivity index (χ2v) is 6.10. The molecule has 3 N–H and O–H groups in total. The summed E-state index contributed by atoms with van der Waals surface area (Å²) in [6.45, 7) is 0. The number of hydrazine groups is 1. The second kappa shape index (κ2) is 5.37. The Bertz CT molecular complexity index is 379. The first kappa shape index (κ1) is 12.1. The summed E-state index contributed by atoms with van der Waals surface area (Å²) in [5.41, 5.74) is 4.29. The standard InChI is InChI=1S/C15H23N3/c16-18-15(8-12-2-1-5-17-10-12)9-14-7-11-3-4-13(14)6-11/h1-2,5,10-11,13-15,18H,3-4,6-9,16H2. The molecule has 2 saturated carbocycles. The van der Waals surface area contributed by atoms with E-state index in [2.05, 4.69) is 16.5 Å². The zero-order valence-electron chi connectivity index (χ0n) is 10.9. The molecule has 0 radical (unpaired) electrons. The van der Waals surface area contributed by atoms with Crippen molar-refractivity contribution in [2.24, 2.45) is 23.6 Å². The lowest BCUT2D eigenvalue weighted by atomic mass is 9.83. The summed E-state index contributed by atoms with van der Waals surface area (Å²) in [7, 11) is 0. The third kappa shape index (κ3) is 2.57. The Morgan fingerprint density at radius 3 is 2.94 bits per heavy atom. The summed E-state index contributed by atoms with van der Waals surface area (Å²) in [5.74, 6) is 8.64. The molecule has 0 aliphatic heterocycles. The highest BCUT2D eigenvalue weighted by Gasteiger charge is 2.39. The van der Waals surface area contributed by atoms with Gasteiger partial charge in [-0.3, -0.25) is 16.3 Å². The van der Waals surface area contributed by atoms with Crippen molar-refractivity contribution in [3.8, 4) is 0 Å². The zero-order chi connectivity index (χ0) is 12.4. The number of pyridine rings is 1. The van der Waals surface area contributed by atoms with E-state index >= 15 is 0 Å². The van der Waals surface area contributed by atoms with Gasteiger partial charge in [-0.15, -0.1) is 0 Å². The van der Waals surface area contributed by atoms with Gasteiger partial charge in [0.15, 0.2) is 0 Å². The monoisotopic (exact) mass is 245 g/mol. The van der Waals surface area contributed by atoms with Crippen molar-refractivity contribution in [3.63, 3.8) is 0 Å². The summed E-state index contributed by atoms with van der Waals surface area (Å²) in [4.78, 5) is 4.17. The average molecular weight is 245 g/mol. The number of hydrogen-bond acceptors (Lipinski definition) is 3. The number of nitrogens with one attached hydrogen (secondary N) is 1. The molecule has 3 rings (SSSR count). The van der Waals surface area contributed by atoms with Gasteiger partial charge in [-0.1, -0.05) is 12.5 Å². The van der Waals surface area contributed by atoms with E-state index in [9.17, 15) is 0 Å². The zero-order valence-corrected chi connectivity index (χ0v) is 10.9. The van der Waals surface area contributed by atoms with E-state index in [1.54, 1.807) is 0 Å². The Kier molecular flexibility index (Phi) is 3.62. The molecule has 0 saturated heterocycles. The van der Waals surface area contributed by atoms with E-state index in [4.69, 9.17) is 5.84 Å². The van der Waals surface area contributed by atoms with Gasteiger partial charge in [0.2, 0.25) is 0 Å². The smallest absolute Gasteiger partial charge is 0.0300 e. The minimum absolute atomic E-state index is 0.401. The van der Waals surface area contributed by atoms with Crippen LogP contribution in [0.5, 0.6) is 0 Å². The Hall–Kier alpha value is -0.930. The topological polar surface area (TPSA) is 50.9 Å². The highest BCUT2D eigenvalue weighted by atomic mass is 15.2. The van der Waals surface area contributed by atoms with Crippen LogP contribution < -0.4 is 11.3 Å². The molecule has 2 bridgehead atoms. The molecule has 4 unspecified atom stereocenters. The normalized spacial score (nSPS) is 31.7. The maximum atomic E-state index is 5.73. The van der Waals surface area contributed by atoms with Crippen LogP contribution in [0.15, 0.2) is 24.5 Å². The molecule has 0 amide bonds. The van der Waals surface area contributed by atoms with Gasteiger partial charge in [0.05, 0.1) is 0 Å². The van der Waals surface area contributed by atoms with Crippen LogP contribution in [-0.4, -0.2) is 11.0 Å². The molecule has 18 heavy (non-hydrogen) atoms. The lowest BCUT2D eigenvalue weighted by molar-refractivity contribution is 0.277. The van der Waals surface area contributed by atoms with Crippen LogP contribution in [0.25, 0.3) is 0 Å². The molecular weight excluding hydrogens is 222 g/mol. The first-order chi connectivity index (χ1) is 8.85.